The van der Waals surface area contributed by atoms with Gasteiger partial charge in [-0.25, -0.2) is 8.42 Å². The zero-order chi connectivity index (χ0) is 11.8. The minimum absolute atomic E-state index is 0.152. The van der Waals surface area contributed by atoms with Crippen LogP contribution in [-0.4, -0.2) is 27.9 Å². The van der Waals surface area contributed by atoms with Crippen molar-refractivity contribution in [2.45, 2.75) is 11.4 Å². The molecule has 6 heteroatoms. The Labute approximate surface area is 94.1 Å². The van der Waals surface area contributed by atoms with Crippen LogP contribution in [0.2, 0.25) is 0 Å². The molecule has 0 amide bonds. The van der Waals surface area contributed by atoms with Crippen LogP contribution in [0.25, 0.3) is 0 Å². The van der Waals surface area contributed by atoms with Crippen LogP contribution < -0.4 is 15.2 Å². The highest BCUT2D eigenvalue weighted by Crippen LogP contribution is 2.34. The standard InChI is InChI=1S/C10H13NO4S/c1-16(12,13)10-5-9-8(4-7(10)6-11)14-2-3-15-9/h4-5H,2-3,6,11H2,1H3. The monoisotopic (exact) mass is 243 g/mol. The second-order valence-corrected chi connectivity index (χ2v) is 5.56. The van der Waals surface area contributed by atoms with E-state index in [0.29, 0.717) is 30.3 Å². The van der Waals surface area contributed by atoms with Crippen molar-refractivity contribution in [1.82, 2.24) is 0 Å². The van der Waals surface area contributed by atoms with Gasteiger partial charge in [0.05, 0.1) is 4.90 Å². The highest BCUT2D eigenvalue weighted by molar-refractivity contribution is 7.90. The van der Waals surface area contributed by atoms with Crippen LogP contribution in [-0.2, 0) is 16.4 Å². The first kappa shape index (κ1) is 11.2. The number of nitrogens with two attached hydrogens (primary N) is 1. The Bertz CT molecular complexity index is 510. The van der Waals surface area contributed by atoms with Crippen molar-refractivity contribution in [1.29, 1.82) is 0 Å². The number of rotatable bonds is 2. The Balaban J connectivity index is 2.61. The van der Waals surface area contributed by atoms with Crippen molar-refractivity contribution < 1.29 is 17.9 Å². The molecule has 0 saturated carbocycles. The lowest BCUT2D eigenvalue weighted by Crippen LogP contribution is -2.17. The van der Waals surface area contributed by atoms with Gasteiger partial charge in [-0.15, -0.1) is 0 Å². The second kappa shape index (κ2) is 3.95. The summed E-state index contributed by atoms with van der Waals surface area (Å²) in [7, 11) is -3.29. The van der Waals surface area contributed by atoms with E-state index in [1.807, 2.05) is 0 Å². The molecule has 1 aliphatic rings. The zero-order valence-electron chi connectivity index (χ0n) is 8.89. The summed E-state index contributed by atoms with van der Waals surface area (Å²) < 4.78 is 33.8. The molecule has 1 heterocycles. The van der Waals surface area contributed by atoms with Gasteiger partial charge >= 0.3 is 0 Å². The van der Waals surface area contributed by atoms with Gasteiger partial charge in [0, 0.05) is 18.9 Å². The lowest BCUT2D eigenvalue weighted by molar-refractivity contribution is 0.171. The van der Waals surface area contributed by atoms with Gasteiger partial charge in [0.1, 0.15) is 13.2 Å². The Morgan fingerprint density at radius 2 is 1.81 bits per heavy atom. The van der Waals surface area contributed by atoms with Crippen LogP contribution in [0.4, 0.5) is 0 Å². The lowest BCUT2D eigenvalue weighted by atomic mass is 10.2. The van der Waals surface area contributed by atoms with Gasteiger partial charge in [0.25, 0.3) is 0 Å². The van der Waals surface area contributed by atoms with E-state index in [2.05, 4.69) is 0 Å². The maximum Gasteiger partial charge on any atom is 0.175 e. The molecule has 1 aromatic carbocycles. The molecule has 0 atom stereocenters. The minimum Gasteiger partial charge on any atom is -0.486 e. The highest BCUT2D eigenvalue weighted by atomic mass is 32.2. The fraction of sp³-hybridized carbons (Fsp3) is 0.400. The Hall–Kier alpha value is -1.27. The molecule has 16 heavy (non-hydrogen) atoms. The molecule has 0 radical (unpaired) electrons. The predicted octanol–water partition coefficient (Wildman–Crippen LogP) is 0.320. The average Bonchev–Trinajstić information content (AvgIpc) is 2.26. The van der Waals surface area contributed by atoms with Crippen molar-refractivity contribution in [2.24, 2.45) is 5.73 Å². The van der Waals surface area contributed by atoms with E-state index in [1.54, 1.807) is 6.07 Å². The molecule has 0 spiro atoms. The maximum absolute atomic E-state index is 11.5. The SMILES string of the molecule is CS(=O)(=O)c1cc2c(cc1CN)OCCO2. The van der Waals surface area contributed by atoms with Crippen molar-refractivity contribution in [3.8, 4) is 11.5 Å². The first-order valence-electron chi connectivity index (χ1n) is 4.85. The van der Waals surface area contributed by atoms with E-state index in [0.717, 1.165) is 6.26 Å². The Kier molecular flexibility index (Phi) is 2.77. The number of hydrogen-bond donors (Lipinski definition) is 1. The Morgan fingerprint density at radius 1 is 1.25 bits per heavy atom. The quantitative estimate of drug-likeness (QED) is 0.809. The van der Waals surface area contributed by atoms with Crippen molar-refractivity contribution in [3.05, 3.63) is 17.7 Å². The minimum atomic E-state index is -3.29. The molecule has 0 saturated heterocycles. The van der Waals surface area contributed by atoms with E-state index in [1.165, 1.54) is 6.07 Å². The molecule has 88 valence electrons. The molecule has 0 unspecified atom stereocenters. The molecular formula is C10H13NO4S. The lowest BCUT2D eigenvalue weighted by Gasteiger charge is -2.20. The summed E-state index contributed by atoms with van der Waals surface area (Å²) in [4.78, 5) is 0.208. The largest absolute Gasteiger partial charge is 0.486 e. The Morgan fingerprint density at radius 3 is 2.31 bits per heavy atom. The van der Waals surface area contributed by atoms with Gasteiger partial charge in [-0.3, -0.25) is 0 Å². The van der Waals surface area contributed by atoms with Gasteiger partial charge < -0.3 is 15.2 Å². The summed E-state index contributed by atoms with van der Waals surface area (Å²) in [6.07, 6.45) is 1.15. The van der Waals surface area contributed by atoms with Crippen LogP contribution in [0.1, 0.15) is 5.56 Å². The van der Waals surface area contributed by atoms with E-state index < -0.39 is 9.84 Å². The van der Waals surface area contributed by atoms with E-state index >= 15 is 0 Å². The van der Waals surface area contributed by atoms with Crippen LogP contribution in [0, 0.1) is 0 Å². The smallest absolute Gasteiger partial charge is 0.175 e. The van der Waals surface area contributed by atoms with E-state index in [-0.39, 0.29) is 11.4 Å². The molecule has 1 aromatic rings. The molecule has 0 fully saturated rings. The molecule has 0 aliphatic carbocycles. The second-order valence-electron chi connectivity index (χ2n) is 3.58. The van der Waals surface area contributed by atoms with Gasteiger partial charge in [0.15, 0.2) is 21.3 Å². The third-order valence-electron chi connectivity index (χ3n) is 2.34. The molecule has 2 N–H and O–H groups in total. The first-order valence-corrected chi connectivity index (χ1v) is 6.74. The van der Waals surface area contributed by atoms with E-state index in [9.17, 15) is 8.42 Å². The topological polar surface area (TPSA) is 78.6 Å². The number of sulfone groups is 1. The van der Waals surface area contributed by atoms with Crippen LogP contribution in [0.3, 0.4) is 0 Å². The number of benzene rings is 1. The third-order valence-corrected chi connectivity index (χ3v) is 3.52. The van der Waals surface area contributed by atoms with Crippen LogP contribution in [0.5, 0.6) is 11.5 Å². The summed E-state index contributed by atoms with van der Waals surface area (Å²) >= 11 is 0. The molecule has 0 aromatic heterocycles. The molecule has 0 bridgehead atoms. The number of fused-ring (bicyclic) bond motifs is 1. The van der Waals surface area contributed by atoms with Gasteiger partial charge in [0.2, 0.25) is 0 Å². The van der Waals surface area contributed by atoms with Gasteiger partial charge in [-0.2, -0.15) is 0 Å². The van der Waals surface area contributed by atoms with E-state index in [4.69, 9.17) is 15.2 Å². The van der Waals surface area contributed by atoms with Crippen molar-refractivity contribution >= 4 is 9.84 Å². The van der Waals surface area contributed by atoms with Gasteiger partial charge in [-0.05, 0) is 11.6 Å². The summed E-state index contributed by atoms with van der Waals surface area (Å²) in [5, 5.41) is 0. The zero-order valence-corrected chi connectivity index (χ0v) is 9.71. The third kappa shape index (κ3) is 1.98. The fourth-order valence-electron chi connectivity index (χ4n) is 1.62. The predicted molar refractivity (Wildman–Crippen MR) is 58.4 cm³/mol. The average molecular weight is 243 g/mol. The normalized spacial score (nSPS) is 14.9. The van der Waals surface area contributed by atoms with Crippen molar-refractivity contribution in [2.75, 3.05) is 19.5 Å². The van der Waals surface area contributed by atoms with Gasteiger partial charge in [-0.1, -0.05) is 0 Å². The fourth-order valence-corrected chi connectivity index (χ4v) is 2.56. The maximum atomic E-state index is 11.5. The number of hydrogen-bond acceptors (Lipinski definition) is 5. The van der Waals surface area contributed by atoms with Crippen LogP contribution >= 0.6 is 0 Å². The number of ether oxygens (including phenoxy) is 2. The van der Waals surface area contributed by atoms with Crippen molar-refractivity contribution in [3.63, 3.8) is 0 Å². The highest BCUT2D eigenvalue weighted by Gasteiger charge is 2.20. The molecule has 5 nitrogen and oxygen atoms in total. The molecule has 2 rings (SSSR count). The van der Waals surface area contributed by atoms with Crippen LogP contribution in [0.15, 0.2) is 17.0 Å². The molecular weight excluding hydrogens is 230 g/mol. The molecule has 1 aliphatic heterocycles. The summed E-state index contributed by atoms with van der Waals surface area (Å²) in [6, 6.07) is 3.11. The summed E-state index contributed by atoms with van der Waals surface area (Å²) in [5.41, 5.74) is 6.07. The summed E-state index contributed by atoms with van der Waals surface area (Å²) in [6.45, 7) is 1.05. The first-order chi connectivity index (χ1) is 7.52. The summed E-state index contributed by atoms with van der Waals surface area (Å²) in [5.74, 6) is 1.02.